The van der Waals surface area contributed by atoms with Crippen LogP contribution in [0.4, 0.5) is 10.1 Å². The molecule has 2 rings (SSSR count). The summed E-state index contributed by atoms with van der Waals surface area (Å²) < 4.78 is 18.2. The second-order valence-electron chi connectivity index (χ2n) is 6.18. The molecule has 0 saturated carbocycles. The van der Waals surface area contributed by atoms with Crippen molar-refractivity contribution >= 4 is 17.5 Å². The number of benzene rings is 1. The van der Waals surface area contributed by atoms with Gasteiger partial charge in [0.1, 0.15) is 5.82 Å². The van der Waals surface area contributed by atoms with Crippen LogP contribution in [-0.2, 0) is 14.3 Å². The highest BCUT2D eigenvalue weighted by Gasteiger charge is 2.20. The number of carbonyl (C=O) groups excluding carboxylic acids is 2. The first-order valence-electron chi connectivity index (χ1n) is 8.82. The Morgan fingerprint density at radius 1 is 1.19 bits per heavy atom. The molecule has 1 aliphatic heterocycles. The number of hydrogen-bond acceptors (Lipinski definition) is 4. The Hall–Kier alpha value is -2.25. The van der Waals surface area contributed by atoms with E-state index in [4.69, 9.17) is 4.74 Å². The maximum Gasteiger partial charge on any atom is 0.238 e. The molecule has 0 atom stereocenters. The van der Waals surface area contributed by atoms with E-state index in [1.807, 2.05) is 9.80 Å². The number of amides is 2. The third-order valence-corrected chi connectivity index (χ3v) is 4.13. The van der Waals surface area contributed by atoms with Crippen LogP contribution in [-0.4, -0.2) is 67.6 Å². The zero-order valence-electron chi connectivity index (χ0n) is 15.0. The van der Waals surface area contributed by atoms with Crippen LogP contribution in [0.1, 0.15) is 12.8 Å². The summed E-state index contributed by atoms with van der Waals surface area (Å²) in [4.78, 5) is 28.2. The first-order valence-corrected chi connectivity index (χ1v) is 8.82. The van der Waals surface area contributed by atoms with Gasteiger partial charge in [0.2, 0.25) is 11.8 Å². The Kier molecular flexibility index (Phi) is 8.24. The van der Waals surface area contributed by atoms with Gasteiger partial charge in [-0.25, -0.2) is 4.39 Å². The molecular weight excluding hydrogens is 337 g/mol. The number of carbonyl (C=O) groups is 2. The predicted molar refractivity (Wildman–Crippen MR) is 98.3 cm³/mol. The zero-order chi connectivity index (χ0) is 18.8. The highest BCUT2D eigenvalue weighted by Crippen LogP contribution is 2.09. The molecule has 0 radical (unpaired) electrons. The van der Waals surface area contributed by atoms with Gasteiger partial charge in [-0.2, -0.15) is 0 Å². The number of halogens is 1. The zero-order valence-corrected chi connectivity index (χ0v) is 15.0. The van der Waals surface area contributed by atoms with Gasteiger partial charge in [0, 0.05) is 31.9 Å². The molecule has 26 heavy (non-hydrogen) atoms. The fraction of sp³-hybridized carbons (Fsp3) is 0.474. The number of hydrogen-bond donors (Lipinski definition) is 1. The highest BCUT2D eigenvalue weighted by atomic mass is 19.1. The van der Waals surface area contributed by atoms with Gasteiger partial charge >= 0.3 is 0 Å². The second kappa shape index (κ2) is 10.7. The smallest absolute Gasteiger partial charge is 0.238 e. The summed E-state index contributed by atoms with van der Waals surface area (Å²) in [6.45, 7) is 7.36. The largest absolute Gasteiger partial charge is 0.377 e. The van der Waals surface area contributed by atoms with Crippen molar-refractivity contribution in [2.45, 2.75) is 12.8 Å². The topological polar surface area (TPSA) is 61.9 Å². The van der Waals surface area contributed by atoms with Gasteiger partial charge in [-0.3, -0.25) is 14.5 Å². The van der Waals surface area contributed by atoms with E-state index >= 15 is 0 Å². The number of rotatable bonds is 8. The van der Waals surface area contributed by atoms with Gasteiger partial charge < -0.3 is 15.0 Å². The van der Waals surface area contributed by atoms with Crippen molar-refractivity contribution in [1.82, 2.24) is 9.80 Å². The molecule has 1 aromatic carbocycles. The van der Waals surface area contributed by atoms with Crippen molar-refractivity contribution in [2.24, 2.45) is 0 Å². The third kappa shape index (κ3) is 6.93. The normalized spacial score (nSPS) is 15.3. The van der Waals surface area contributed by atoms with E-state index in [1.165, 1.54) is 24.3 Å². The lowest BCUT2D eigenvalue weighted by molar-refractivity contribution is -0.132. The summed E-state index contributed by atoms with van der Waals surface area (Å²) >= 11 is 0. The van der Waals surface area contributed by atoms with Crippen LogP contribution in [0.5, 0.6) is 0 Å². The molecule has 142 valence electrons. The maximum atomic E-state index is 12.9. The predicted octanol–water partition coefficient (Wildman–Crippen LogP) is 1.89. The van der Waals surface area contributed by atoms with Crippen LogP contribution in [0.2, 0.25) is 0 Å². The van der Waals surface area contributed by atoms with E-state index in [2.05, 4.69) is 11.9 Å². The molecule has 1 saturated heterocycles. The van der Waals surface area contributed by atoms with E-state index in [-0.39, 0.29) is 24.2 Å². The molecule has 1 aliphatic rings. The third-order valence-electron chi connectivity index (χ3n) is 4.13. The Morgan fingerprint density at radius 3 is 2.69 bits per heavy atom. The van der Waals surface area contributed by atoms with E-state index in [1.54, 1.807) is 6.08 Å². The summed E-state index contributed by atoms with van der Waals surface area (Å²) in [6, 6.07) is 5.68. The number of nitrogens with zero attached hydrogens (tertiary/aromatic N) is 2. The van der Waals surface area contributed by atoms with E-state index < -0.39 is 0 Å². The second-order valence-corrected chi connectivity index (χ2v) is 6.18. The monoisotopic (exact) mass is 363 g/mol. The quantitative estimate of drug-likeness (QED) is 0.566. The number of ether oxygens (including phenoxy) is 1. The molecule has 0 spiro atoms. The molecule has 0 unspecified atom stereocenters. The van der Waals surface area contributed by atoms with Crippen LogP contribution in [0.3, 0.4) is 0 Å². The van der Waals surface area contributed by atoms with Crippen LogP contribution >= 0.6 is 0 Å². The van der Waals surface area contributed by atoms with Gasteiger partial charge in [0.25, 0.3) is 0 Å². The molecule has 0 aliphatic carbocycles. The molecule has 1 N–H and O–H groups in total. The fourth-order valence-corrected chi connectivity index (χ4v) is 2.80. The SMILES string of the molecule is C=CCOCCC(=O)N1CCCN(CC(=O)Nc2ccc(F)cc2)CC1. The first-order chi connectivity index (χ1) is 12.6. The molecule has 1 heterocycles. The lowest BCUT2D eigenvalue weighted by Gasteiger charge is -2.21. The van der Waals surface area contributed by atoms with Crippen molar-refractivity contribution in [1.29, 1.82) is 0 Å². The van der Waals surface area contributed by atoms with Crippen molar-refractivity contribution in [3.8, 4) is 0 Å². The minimum atomic E-state index is -0.338. The van der Waals surface area contributed by atoms with Crippen LogP contribution in [0.25, 0.3) is 0 Å². The minimum Gasteiger partial charge on any atom is -0.377 e. The van der Waals surface area contributed by atoms with Crippen LogP contribution in [0, 0.1) is 5.82 Å². The standard InChI is InChI=1S/C19H26FN3O3/c1-2-13-26-14-8-19(25)23-10-3-9-22(11-12-23)15-18(24)21-17-6-4-16(20)5-7-17/h2,4-7H,1,3,8-15H2,(H,21,24). The molecule has 1 aromatic rings. The van der Waals surface area contributed by atoms with Crippen LogP contribution in [0.15, 0.2) is 36.9 Å². The summed E-state index contributed by atoms with van der Waals surface area (Å²) in [5.41, 5.74) is 0.572. The van der Waals surface area contributed by atoms with Gasteiger partial charge in [-0.05, 0) is 30.7 Å². The molecule has 6 nitrogen and oxygen atoms in total. The highest BCUT2D eigenvalue weighted by molar-refractivity contribution is 5.92. The Bertz CT molecular complexity index is 607. The number of nitrogens with one attached hydrogen (secondary N) is 1. The lowest BCUT2D eigenvalue weighted by Crippen LogP contribution is -2.38. The first kappa shape index (κ1) is 20.1. The van der Waals surface area contributed by atoms with Gasteiger partial charge in [-0.1, -0.05) is 6.08 Å². The van der Waals surface area contributed by atoms with Crippen molar-refractivity contribution in [3.63, 3.8) is 0 Å². The van der Waals surface area contributed by atoms with Gasteiger partial charge in [0.05, 0.1) is 26.2 Å². The average molecular weight is 363 g/mol. The Labute approximate surface area is 153 Å². The molecular formula is C19H26FN3O3. The van der Waals surface area contributed by atoms with Crippen molar-refractivity contribution < 1.29 is 18.7 Å². The van der Waals surface area contributed by atoms with Crippen molar-refractivity contribution in [3.05, 3.63) is 42.7 Å². The Balaban J connectivity index is 1.73. The van der Waals surface area contributed by atoms with E-state index in [9.17, 15) is 14.0 Å². The van der Waals surface area contributed by atoms with E-state index in [0.29, 0.717) is 45.0 Å². The molecule has 1 fully saturated rings. The average Bonchev–Trinajstić information content (AvgIpc) is 2.86. The van der Waals surface area contributed by atoms with Crippen LogP contribution < -0.4 is 5.32 Å². The van der Waals surface area contributed by atoms with Gasteiger partial charge in [-0.15, -0.1) is 6.58 Å². The summed E-state index contributed by atoms with van der Waals surface area (Å²) in [5.74, 6) is -0.406. The fourth-order valence-electron chi connectivity index (χ4n) is 2.80. The lowest BCUT2D eigenvalue weighted by atomic mass is 10.3. The minimum absolute atomic E-state index is 0.0756. The maximum absolute atomic E-state index is 12.9. The van der Waals surface area contributed by atoms with E-state index in [0.717, 1.165) is 13.0 Å². The molecule has 0 bridgehead atoms. The summed E-state index contributed by atoms with van der Waals surface area (Å²) in [5, 5.41) is 2.76. The molecule has 7 heteroatoms. The summed E-state index contributed by atoms with van der Waals surface area (Å²) in [7, 11) is 0. The summed E-state index contributed by atoms with van der Waals surface area (Å²) in [6.07, 6.45) is 2.84. The van der Waals surface area contributed by atoms with Gasteiger partial charge in [0.15, 0.2) is 0 Å². The molecule has 2 amide bonds. The molecule has 0 aromatic heterocycles. The Morgan fingerprint density at radius 2 is 1.96 bits per heavy atom. The number of anilines is 1. The van der Waals surface area contributed by atoms with Crippen molar-refractivity contribution in [2.75, 3.05) is 51.3 Å².